The Hall–Kier alpha value is -2.21. The Morgan fingerprint density at radius 2 is 2.00 bits per heavy atom. The fourth-order valence-corrected chi connectivity index (χ4v) is 2.78. The predicted octanol–water partition coefficient (Wildman–Crippen LogP) is 1.94. The summed E-state index contributed by atoms with van der Waals surface area (Å²) in [4.78, 5) is 21.8. The number of carboxylic acids is 1. The number of hydrogen-bond acceptors (Lipinski definition) is 5. The predicted molar refractivity (Wildman–Crippen MR) is 78.7 cm³/mol. The molecule has 1 fully saturated rings. The normalized spacial score (nSPS) is 22.5. The standard InChI is InChI=1S/C15H17N3O3/c1-9-6-18(7-10(2)21-9)14-12-4-3-11(15(19)20)5-13(12)16-8-17-14/h3-5,8-10H,6-7H2,1-2H3,(H,19,20). The van der Waals surface area contributed by atoms with E-state index in [0.717, 1.165) is 24.3 Å². The summed E-state index contributed by atoms with van der Waals surface area (Å²) in [6.07, 6.45) is 1.75. The molecule has 3 rings (SSSR count). The van der Waals surface area contributed by atoms with Gasteiger partial charge in [-0.3, -0.25) is 0 Å². The highest BCUT2D eigenvalue weighted by molar-refractivity contribution is 5.96. The third-order valence-corrected chi connectivity index (χ3v) is 3.58. The minimum absolute atomic E-state index is 0.136. The van der Waals surface area contributed by atoms with Crippen LogP contribution in [0, 0.1) is 0 Å². The van der Waals surface area contributed by atoms with Gasteiger partial charge in [-0.05, 0) is 32.0 Å². The van der Waals surface area contributed by atoms with Crippen molar-refractivity contribution < 1.29 is 14.6 Å². The van der Waals surface area contributed by atoms with Gasteiger partial charge < -0.3 is 14.7 Å². The minimum atomic E-state index is -0.953. The number of benzene rings is 1. The highest BCUT2D eigenvalue weighted by Gasteiger charge is 2.24. The van der Waals surface area contributed by atoms with Crippen LogP contribution in [0.3, 0.4) is 0 Å². The first-order valence-electron chi connectivity index (χ1n) is 6.93. The highest BCUT2D eigenvalue weighted by Crippen LogP contribution is 2.26. The Kier molecular flexibility index (Phi) is 3.47. The highest BCUT2D eigenvalue weighted by atomic mass is 16.5. The first-order chi connectivity index (χ1) is 10.0. The van der Waals surface area contributed by atoms with E-state index >= 15 is 0 Å². The minimum Gasteiger partial charge on any atom is -0.478 e. The maximum absolute atomic E-state index is 11.0. The summed E-state index contributed by atoms with van der Waals surface area (Å²) in [6.45, 7) is 5.59. The van der Waals surface area contributed by atoms with Crippen LogP contribution in [-0.4, -0.2) is 46.3 Å². The van der Waals surface area contributed by atoms with Crippen molar-refractivity contribution in [2.24, 2.45) is 0 Å². The van der Waals surface area contributed by atoms with Gasteiger partial charge in [-0.25, -0.2) is 14.8 Å². The van der Waals surface area contributed by atoms with E-state index in [1.54, 1.807) is 18.2 Å². The number of carbonyl (C=O) groups is 1. The second-order valence-electron chi connectivity index (χ2n) is 5.40. The molecule has 6 nitrogen and oxygen atoms in total. The monoisotopic (exact) mass is 287 g/mol. The summed E-state index contributed by atoms with van der Waals surface area (Å²) < 4.78 is 5.74. The quantitative estimate of drug-likeness (QED) is 0.909. The smallest absolute Gasteiger partial charge is 0.335 e. The summed E-state index contributed by atoms with van der Waals surface area (Å²) >= 11 is 0. The molecule has 2 heterocycles. The van der Waals surface area contributed by atoms with Crippen molar-refractivity contribution >= 4 is 22.7 Å². The van der Waals surface area contributed by atoms with Crippen LogP contribution in [0.5, 0.6) is 0 Å². The van der Waals surface area contributed by atoms with Gasteiger partial charge >= 0.3 is 5.97 Å². The zero-order chi connectivity index (χ0) is 15.0. The lowest BCUT2D eigenvalue weighted by molar-refractivity contribution is -0.00537. The number of morpholine rings is 1. The van der Waals surface area contributed by atoms with Crippen molar-refractivity contribution in [1.29, 1.82) is 0 Å². The van der Waals surface area contributed by atoms with Gasteiger partial charge in [0.2, 0.25) is 0 Å². The van der Waals surface area contributed by atoms with E-state index in [0.29, 0.717) is 5.52 Å². The number of rotatable bonds is 2. The van der Waals surface area contributed by atoms with Gasteiger partial charge in [0.15, 0.2) is 0 Å². The molecule has 1 aromatic heterocycles. The second kappa shape index (κ2) is 5.29. The van der Waals surface area contributed by atoms with Gasteiger partial charge in [-0.1, -0.05) is 0 Å². The molecule has 1 aliphatic heterocycles. The molecular weight excluding hydrogens is 270 g/mol. The van der Waals surface area contributed by atoms with Crippen LogP contribution in [0.2, 0.25) is 0 Å². The zero-order valence-electron chi connectivity index (χ0n) is 12.0. The zero-order valence-corrected chi connectivity index (χ0v) is 12.0. The van der Waals surface area contributed by atoms with E-state index in [2.05, 4.69) is 14.9 Å². The Morgan fingerprint density at radius 3 is 2.67 bits per heavy atom. The molecule has 2 unspecified atom stereocenters. The molecule has 6 heteroatoms. The SMILES string of the molecule is CC1CN(c2ncnc3cc(C(=O)O)ccc23)CC(C)O1. The van der Waals surface area contributed by atoms with Gasteiger partial charge in [-0.2, -0.15) is 0 Å². The number of aromatic nitrogens is 2. The Morgan fingerprint density at radius 1 is 1.29 bits per heavy atom. The van der Waals surface area contributed by atoms with Crippen molar-refractivity contribution in [1.82, 2.24) is 9.97 Å². The molecule has 1 aliphatic rings. The number of ether oxygens (including phenoxy) is 1. The summed E-state index contributed by atoms with van der Waals surface area (Å²) in [7, 11) is 0. The van der Waals surface area contributed by atoms with Crippen LogP contribution >= 0.6 is 0 Å². The molecule has 2 atom stereocenters. The largest absolute Gasteiger partial charge is 0.478 e. The molecule has 0 aliphatic carbocycles. The average molecular weight is 287 g/mol. The van der Waals surface area contributed by atoms with Crippen molar-refractivity contribution in [3.63, 3.8) is 0 Å². The summed E-state index contributed by atoms with van der Waals surface area (Å²) in [6, 6.07) is 4.94. The molecular formula is C15H17N3O3. The number of carboxylic acid groups (broad SMARTS) is 1. The van der Waals surface area contributed by atoms with Crippen LogP contribution in [0.15, 0.2) is 24.5 Å². The molecule has 1 saturated heterocycles. The molecule has 2 aromatic rings. The molecule has 0 bridgehead atoms. The lowest BCUT2D eigenvalue weighted by Gasteiger charge is -2.36. The number of nitrogens with zero attached hydrogens (tertiary/aromatic N) is 3. The van der Waals surface area contributed by atoms with Crippen LogP contribution < -0.4 is 4.90 Å². The lowest BCUT2D eigenvalue weighted by Crippen LogP contribution is -2.45. The van der Waals surface area contributed by atoms with E-state index in [1.165, 1.54) is 6.33 Å². The number of fused-ring (bicyclic) bond motifs is 1. The molecule has 0 saturated carbocycles. The molecule has 1 aromatic carbocycles. The van der Waals surface area contributed by atoms with Crippen molar-refractivity contribution in [2.75, 3.05) is 18.0 Å². The number of aromatic carboxylic acids is 1. The van der Waals surface area contributed by atoms with E-state index in [4.69, 9.17) is 9.84 Å². The number of hydrogen-bond donors (Lipinski definition) is 1. The van der Waals surface area contributed by atoms with Gasteiger partial charge in [0, 0.05) is 18.5 Å². The van der Waals surface area contributed by atoms with Crippen LogP contribution in [0.4, 0.5) is 5.82 Å². The maximum Gasteiger partial charge on any atom is 0.335 e. The first kappa shape index (κ1) is 13.8. The van der Waals surface area contributed by atoms with E-state index in [1.807, 2.05) is 13.8 Å². The molecule has 0 amide bonds. The van der Waals surface area contributed by atoms with E-state index in [9.17, 15) is 4.79 Å². The van der Waals surface area contributed by atoms with Gasteiger partial charge in [0.05, 0.1) is 23.3 Å². The van der Waals surface area contributed by atoms with Crippen molar-refractivity contribution in [2.45, 2.75) is 26.1 Å². The fourth-order valence-electron chi connectivity index (χ4n) is 2.78. The topological polar surface area (TPSA) is 75.6 Å². The van der Waals surface area contributed by atoms with E-state index in [-0.39, 0.29) is 17.8 Å². The third kappa shape index (κ3) is 2.67. The maximum atomic E-state index is 11.0. The summed E-state index contributed by atoms with van der Waals surface area (Å²) in [5, 5.41) is 9.93. The van der Waals surface area contributed by atoms with Gasteiger partial charge in [-0.15, -0.1) is 0 Å². The molecule has 1 N–H and O–H groups in total. The Bertz CT molecular complexity index is 679. The third-order valence-electron chi connectivity index (χ3n) is 3.58. The van der Waals surface area contributed by atoms with Gasteiger partial charge in [0.25, 0.3) is 0 Å². The van der Waals surface area contributed by atoms with Crippen LogP contribution in [0.1, 0.15) is 24.2 Å². The first-order valence-corrected chi connectivity index (χ1v) is 6.93. The van der Waals surface area contributed by atoms with Crippen molar-refractivity contribution in [3.8, 4) is 0 Å². The van der Waals surface area contributed by atoms with Gasteiger partial charge in [0.1, 0.15) is 12.1 Å². The van der Waals surface area contributed by atoms with Crippen molar-refractivity contribution in [3.05, 3.63) is 30.1 Å². The molecule has 21 heavy (non-hydrogen) atoms. The number of anilines is 1. The fraction of sp³-hybridized carbons (Fsp3) is 0.400. The molecule has 0 radical (unpaired) electrons. The summed E-state index contributed by atoms with van der Waals surface area (Å²) in [5.74, 6) is -0.121. The molecule has 110 valence electrons. The average Bonchev–Trinajstić information content (AvgIpc) is 2.45. The van der Waals surface area contributed by atoms with Crippen LogP contribution in [0.25, 0.3) is 10.9 Å². The Labute approximate surface area is 122 Å². The van der Waals surface area contributed by atoms with E-state index < -0.39 is 5.97 Å². The lowest BCUT2D eigenvalue weighted by atomic mass is 10.1. The van der Waals surface area contributed by atoms with Crippen LogP contribution in [-0.2, 0) is 4.74 Å². The summed E-state index contributed by atoms with van der Waals surface area (Å²) in [5.41, 5.74) is 0.877. The molecule has 0 spiro atoms. The Balaban J connectivity index is 2.04. The second-order valence-corrected chi connectivity index (χ2v) is 5.40.